The second kappa shape index (κ2) is 9.25. The first kappa shape index (κ1) is 22.8. The van der Waals surface area contributed by atoms with Crippen LogP contribution in [0.2, 0.25) is 0 Å². The minimum absolute atomic E-state index is 0.234. The minimum Gasteiger partial charge on any atom is -0.481 e. The van der Waals surface area contributed by atoms with Crippen LogP contribution in [-0.4, -0.2) is 33.1 Å². The van der Waals surface area contributed by atoms with Gasteiger partial charge in [-0.15, -0.1) is 0 Å². The van der Waals surface area contributed by atoms with E-state index in [-0.39, 0.29) is 17.7 Å². The van der Waals surface area contributed by atoms with Crippen LogP contribution in [0, 0.1) is 11.8 Å². The molecule has 0 aliphatic heterocycles. The number of benzene rings is 1. The van der Waals surface area contributed by atoms with Gasteiger partial charge in [-0.25, -0.2) is 4.52 Å². The molecule has 2 aromatic heterocycles. The second-order valence-corrected chi connectivity index (χ2v) is 8.52. The summed E-state index contributed by atoms with van der Waals surface area (Å²) in [6, 6.07) is 8.60. The van der Waals surface area contributed by atoms with Crippen molar-refractivity contribution in [2.24, 2.45) is 11.8 Å². The number of amides is 1. The maximum Gasteiger partial charge on any atom is 0.416 e. The highest BCUT2D eigenvalue weighted by atomic mass is 19.4. The van der Waals surface area contributed by atoms with Crippen molar-refractivity contribution < 1.29 is 27.9 Å². The van der Waals surface area contributed by atoms with Gasteiger partial charge >= 0.3 is 12.1 Å². The minimum atomic E-state index is -4.39. The van der Waals surface area contributed by atoms with E-state index >= 15 is 0 Å². The van der Waals surface area contributed by atoms with Gasteiger partial charge in [0, 0.05) is 12.7 Å². The molecule has 0 atom stereocenters. The summed E-state index contributed by atoms with van der Waals surface area (Å²) in [6.45, 7) is 0.462. The van der Waals surface area contributed by atoms with Crippen LogP contribution in [0.15, 0.2) is 48.8 Å². The van der Waals surface area contributed by atoms with E-state index in [9.17, 15) is 22.8 Å². The number of carbonyl (C=O) groups is 2. The van der Waals surface area contributed by atoms with Gasteiger partial charge in [0.2, 0.25) is 0 Å². The summed E-state index contributed by atoms with van der Waals surface area (Å²) in [5, 5.41) is 16.3. The summed E-state index contributed by atoms with van der Waals surface area (Å²) >= 11 is 0. The molecule has 33 heavy (non-hydrogen) atoms. The number of aliphatic carboxylic acids is 1. The Balaban J connectivity index is 1.47. The fourth-order valence-corrected chi connectivity index (χ4v) is 4.40. The van der Waals surface area contributed by atoms with Gasteiger partial charge in [0.05, 0.1) is 28.8 Å². The number of carbonyl (C=O) groups excluding carboxylic acids is 1. The summed E-state index contributed by atoms with van der Waals surface area (Å²) in [6.07, 6.45) is 1.91. The molecule has 0 spiro atoms. The van der Waals surface area contributed by atoms with Crippen LogP contribution in [-0.2, 0) is 17.4 Å². The lowest BCUT2D eigenvalue weighted by Crippen LogP contribution is -2.32. The largest absolute Gasteiger partial charge is 0.481 e. The predicted octanol–water partition coefficient (Wildman–Crippen LogP) is 4.56. The van der Waals surface area contributed by atoms with Gasteiger partial charge in [-0.1, -0.05) is 18.2 Å². The number of hydrogen-bond donors (Lipinski definition) is 2. The maximum absolute atomic E-state index is 12.9. The predicted molar refractivity (Wildman–Crippen MR) is 115 cm³/mol. The lowest BCUT2D eigenvalue weighted by atomic mass is 9.82. The standard InChI is InChI=1S/C24H24F3N3O3/c25-24(26,27)19-9-5-15(6-10-19)12-18-2-1-11-30-21(18)20(14-29-30)22(31)28-13-16-3-7-17(8-4-16)23(32)33/h1-2,5-6,9-11,14,16-17H,3-4,7-8,12-13H2,(H,28,31)(H,32,33). The van der Waals surface area contributed by atoms with E-state index in [4.69, 9.17) is 5.11 Å². The molecule has 3 aromatic rings. The number of rotatable bonds is 6. The normalized spacial score (nSPS) is 18.9. The van der Waals surface area contributed by atoms with Crippen LogP contribution in [0.1, 0.15) is 52.7 Å². The highest BCUT2D eigenvalue weighted by Gasteiger charge is 2.30. The van der Waals surface area contributed by atoms with Gasteiger partial charge in [-0.2, -0.15) is 18.3 Å². The van der Waals surface area contributed by atoms with E-state index < -0.39 is 17.7 Å². The number of pyridine rings is 1. The van der Waals surface area contributed by atoms with Crippen LogP contribution in [0.4, 0.5) is 13.2 Å². The maximum atomic E-state index is 12.9. The molecule has 174 valence electrons. The molecule has 0 saturated heterocycles. The Morgan fingerprint density at radius 1 is 1.09 bits per heavy atom. The Hall–Kier alpha value is -3.36. The zero-order chi connectivity index (χ0) is 23.6. The number of carboxylic acids is 1. The first-order chi connectivity index (χ1) is 15.7. The number of carboxylic acid groups (broad SMARTS) is 1. The number of hydrogen-bond acceptors (Lipinski definition) is 3. The fraction of sp³-hybridized carbons (Fsp3) is 0.375. The van der Waals surface area contributed by atoms with E-state index in [1.165, 1.54) is 18.3 Å². The number of nitrogens with one attached hydrogen (secondary N) is 1. The van der Waals surface area contributed by atoms with Gasteiger partial charge in [-0.3, -0.25) is 9.59 Å². The number of aromatic nitrogens is 2. The van der Waals surface area contributed by atoms with Crippen molar-refractivity contribution in [3.63, 3.8) is 0 Å². The highest BCUT2D eigenvalue weighted by Crippen LogP contribution is 2.30. The van der Waals surface area contributed by atoms with Gasteiger partial charge < -0.3 is 10.4 Å². The topological polar surface area (TPSA) is 83.7 Å². The van der Waals surface area contributed by atoms with Crippen LogP contribution >= 0.6 is 0 Å². The van der Waals surface area contributed by atoms with Crippen LogP contribution in [0.5, 0.6) is 0 Å². The molecule has 0 bridgehead atoms. The molecule has 1 saturated carbocycles. The number of alkyl halides is 3. The monoisotopic (exact) mass is 459 g/mol. The Kier molecular flexibility index (Phi) is 6.40. The molecule has 9 heteroatoms. The molecule has 0 radical (unpaired) electrons. The van der Waals surface area contributed by atoms with E-state index in [0.717, 1.165) is 30.5 Å². The van der Waals surface area contributed by atoms with Crippen molar-refractivity contribution in [3.8, 4) is 0 Å². The molecule has 6 nitrogen and oxygen atoms in total. The van der Waals surface area contributed by atoms with E-state index in [1.807, 2.05) is 6.07 Å². The van der Waals surface area contributed by atoms with Crippen molar-refractivity contribution >= 4 is 17.4 Å². The van der Waals surface area contributed by atoms with Gasteiger partial charge in [-0.05, 0) is 67.3 Å². The third kappa shape index (κ3) is 5.18. The highest BCUT2D eigenvalue weighted by molar-refractivity contribution is 6.01. The first-order valence-electron chi connectivity index (χ1n) is 10.8. The Morgan fingerprint density at radius 3 is 2.42 bits per heavy atom. The van der Waals surface area contributed by atoms with Crippen LogP contribution in [0.25, 0.3) is 5.52 Å². The number of nitrogens with zero attached hydrogens (tertiary/aromatic N) is 2. The Bertz CT molecular complexity index is 1150. The first-order valence-corrected chi connectivity index (χ1v) is 10.8. The molecule has 2 heterocycles. The zero-order valence-corrected chi connectivity index (χ0v) is 17.8. The van der Waals surface area contributed by atoms with Crippen molar-refractivity contribution in [2.75, 3.05) is 6.54 Å². The smallest absolute Gasteiger partial charge is 0.416 e. The summed E-state index contributed by atoms with van der Waals surface area (Å²) in [5.41, 5.74) is 1.79. The molecule has 4 rings (SSSR count). The average Bonchev–Trinajstić information content (AvgIpc) is 3.23. The number of halogens is 3. The Labute approximate surface area is 188 Å². The summed E-state index contributed by atoms with van der Waals surface area (Å²) in [5.74, 6) is -1.10. The quantitative estimate of drug-likeness (QED) is 0.566. The third-order valence-electron chi connectivity index (χ3n) is 6.29. The van der Waals surface area contributed by atoms with Crippen LogP contribution < -0.4 is 5.32 Å². The molecule has 2 N–H and O–H groups in total. The van der Waals surface area contributed by atoms with Gasteiger partial charge in [0.1, 0.15) is 0 Å². The second-order valence-electron chi connectivity index (χ2n) is 8.52. The SMILES string of the molecule is O=C(NCC1CCC(C(=O)O)CC1)c1cnn2cccc(Cc3ccc(C(F)(F)F)cc3)c12. The lowest BCUT2D eigenvalue weighted by molar-refractivity contribution is -0.143. The van der Waals surface area contributed by atoms with E-state index in [0.29, 0.717) is 42.5 Å². The average molecular weight is 459 g/mol. The molecule has 0 unspecified atom stereocenters. The van der Waals surface area contributed by atoms with Gasteiger partial charge in [0.15, 0.2) is 0 Å². The number of fused-ring (bicyclic) bond motifs is 1. The zero-order valence-electron chi connectivity index (χ0n) is 17.8. The molecule has 1 fully saturated rings. The molecule has 1 aliphatic carbocycles. The van der Waals surface area contributed by atoms with Crippen LogP contribution in [0.3, 0.4) is 0 Å². The molecular formula is C24H24F3N3O3. The molecule has 1 aromatic carbocycles. The summed E-state index contributed by atoms with van der Waals surface area (Å²) in [4.78, 5) is 24.0. The third-order valence-corrected chi connectivity index (χ3v) is 6.29. The lowest BCUT2D eigenvalue weighted by Gasteiger charge is -2.26. The Morgan fingerprint density at radius 2 is 1.79 bits per heavy atom. The van der Waals surface area contributed by atoms with Gasteiger partial charge in [0.25, 0.3) is 5.91 Å². The molecule has 1 aliphatic rings. The summed E-state index contributed by atoms with van der Waals surface area (Å²) in [7, 11) is 0. The van der Waals surface area contributed by atoms with Crippen molar-refractivity contribution in [2.45, 2.75) is 38.3 Å². The summed E-state index contributed by atoms with van der Waals surface area (Å²) < 4.78 is 40.1. The molecule has 1 amide bonds. The molecular weight excluding hydrogens is 435 g/mol. The van der Waals surface area contributed by atoms with Crippen molar-refractivity contribution in [1.29, 1.82) is 0 Å². The fourth-order valence-electron chi connectivity index (χ4n) is 4.40. The van der Waals surface area contributed by atoms with E-state index in [1.54, 1.807) is 16.8 Å². The van der Waals surface area contributed by atoms with E-state index in [2.05, 4.69) is 10.4 Å². The van der Waals surface area contributed by atoms with Crippen molar-refractivity contribution in [1.82, 2.24) is 14.9 Å². The van der Waals surface area contributed by atoms with Crippen molar-refractivity contribution in [3.05, 3.63) is 71.0 Å².